The fourth-order valence-electron chi connectivity index (χ4n) is 5.19. The first-order chi connectivity index (χ1) is 20.7. The molecule has 0 bridgehead atoms. The number of rotatable bonds is 7. The fraction of sp³-hybridized carbons (Fsp3) is 0.233. The maximum atomic E-state index is 13.8. The largest absolute Gasteiger partial charge is 0.493 e. The molecule has 1 aliphatic heterocycles. The van der Waals surface area contributed by atoms with E-state index in [9.17, 15) is 13.2 Å². The van der Waals surface area contributed by atoms with Crippen LogP contribution in [0.2, 0.25) is 0 Å². The number of carbonyl (C=O) groups excluding carboxylic acids is 1. The summed E-state index contributed by atoms with van der Waals surface area (Å²) >= 11 is 0. The van der Waals surface area contributed by atoms with E-state index in [1.807, 2.05) is 18.2 Å². The number of hydrogen-bond acceptors (Lipinski definition) is 9. The van der Waals surface area contributed by atoms with Gasteiger partial charge in [0, 0.05) is 24.8 Å². The Hall–Kier alpha value is -4.72. The number of fused-ring (bicyclic) bond motifs is 2. The van der Waals surface area contributed by atoms with Gasteiger partial charge in [-0.3, -0.25) is 9.36 Å². The second kappa shape index (κ2) is 11.2. The first kappa shape index (κ1) is 28.4. The number of ether oxygens (including phenoxy) is 3. The summed E-state index contributed by atoms with van der Waals surface area (Å²) in [7, 11) is -0.795. The third kappa shape index (κ3) is 5.01. The Labute approximate surface area is 248 Å². The number of amides is 1. The van der Waals surface area contributed by atoms with E-state index in [0.717, 1.165) is 0 Å². The van der Waals surface area contributed by atoms with Crippen molar-refractivity contribution in [3.63, 3.8) is 0 Å². The number of morpholine rings is 1. The van der Waals surface area contributed by atoms with Gasteiger partial charge in [-0.1, -0.05) is 18.2 Å². The van der Waals surface area contributed by atoms with Crippen molar-refractivity contribution in [1.82, 2.24) is 18.8 Å². The molecule has 5 aromatic rings. The standard InChI is InChI=1S/C30H30N6O6S/c1-18-8-10-20(17-25(18)43(38,39)35-12-14-42-15-13-35)36-28(31)26(27-29(36)34-22-7-5-4-6-21(22)33-27)30(37)32-19-9-11-23(40-2)24(16-19)41-3/h4-11,16-17H,12-15,31H2,1-3H3,(H,32,37). The number of hydrogen-bond donors (Lipinski definition) is 2. The van der Waals surface area contributed by atoms with Crippen molar-refractivity contribution in [2.45, 2.75) is 11.8 Å². The van der Waals surface area contributed by atoms with Gasteiger partial charge in [0.25, 0.3) is 5.91 Å². The third-order valence-corrected chi connectivity index (χ3v) is 9.42. The second-order valence-electron chi connectivity index (χ2n) is 9.97. The Morgan fingerprint density at radius 3 is 2.35 bits per heavy atom. The van der Waals surface area contributed by atoms with Crippen LogP contribution in [0.15, 0.2) is 65.6 Å². The number of nitrogens with one attached hydrogen (secondary N) is 1. The highest BCUT2D eigenvalue weighted by Gasteiger charge is 2.30. The van der Waals surface area contributed by atoms with E-state index in [-0.39, 0.29) is 34.9 Å². The normalized spacial score (nSPS) is 14.2. The molecule has 3 aromatic carbocycles. The van der Waals surface area contributed by atoms with Crippen molar-refractivity contribution in [1.29, 1.82) is 0 Å². The van der Waals surface area contributed by atoms with Crippen molar-refractivity contribution < 1.29 is 27.4 Å². The summed E-state index contributed by atoms with van der Waals surface area (Å²) in [6.45, 7) is 2.92. The van der Waals surface area contributed by atoms with Crippen LogP contribution in [0, 0.1) is 6.92 Å². The summed E-state index contributed by atoms with van der Waals surface area (Å²) in [4.78, 5) is 23.5. The van der Waals surface area contributed by atoms with Crippen LogP contribution in [-0.2, 0) is 14.8 Å². The lowest BCUT2D eigenvalue weighted by atomic mass is 10.2. The average molecular weight is 603 g/mol. The Morgan fingerprint density at radius 2 is 1.65 bits per heavy atom. The molecule has 6 rings (SSSR count). The van der Waals surface area contributed by atoms with Crippen LogP contribution in [0.3, 0.4) is 0 Å². The quantitative estimate of drug-likeness (QED) is 0.284. The molecule has 1 fully saturated rings. The molecule has 0 spiro atoms. The molecule has 13 heteroatoms. The zero-order chi connectivity index (χ0) is 30.3. The van der Waals surface area contributed by atoms with Crippen LogP contribution >= 0.6 is 0 Å². The molecular formula is C30H30N6O6S. The number of carbonyl (C=O) groups is 1. The average Bonchev–Trinajstić information content (AvgIpc) is 3.30. The molecule has 2 aromatic heterocycles. The topological polar surface area (TPSA) is 151 Å². The van der Waals surface area contributed by atoms with Gasteiger partial charge in [0.05, 0.1) is 49.0 Å². The molecule has 12 nitrogen and oxygen atoms in total. The number of aryl methyl sites for hydroxylation is 1. The molecular weight excluding hydrogens is 572 g/mol. The number of anilines is 2. The Morgan fingerprint density at radius 1 is 0.953 bits per heavy atom. The minimum absolute atomic E-state index is 0.0573. The lowest BCUT2D eigenvalue weighted by Gasteiger charge is -2.27. The Balaban J connectivity index is 1.51. The summed E-state index contributed by atoms with van der Waals surface area (Å²) in [6.07, 6.45) is 0. The SMILES string of the molecule is COc1ccc(NC(=O)c2c(N)n(-c3ccc(C)c(S(=O)(=O)N4CCOCC4)c3)c3nc4ccccc4nc23)cc1OC. The lowest BCUT2D eigenvalue weighted by molar-refractivity contribution is 0.0730. The van der Waals surface area contributed by atoms with Crippen LogP contribution in [0.25, 0.3) is 27.9 Å². The van der Waals surface area contributed by atoms with Gasteiger partial charge in [0.1, 0.15) is 16.9 Å². The first-order valence-electron chi connectivity index (χ1n) is 13.5. The molecule has 0 unspecified atom stereocenters. The fourth-order valence-corrected chi connectivity index (χ4v) is 6.84. The van der Waals surface area contributed by atoms with Crippen LogP contribution < -0.4 is 20.5 Å². The number of nitrogens with zero attached hydrogens (tertiary/aromatic N) is 4. The Bertz CT molecular complexity index is 1980. The molecule has 1 saturated heterocycles. The molecule has 3 N–H and O–H groups in total. The van der Waals surface area contributed by atoms with Crippen LogP contribution in [0.5, 0.6) is 11.5 Å². The molecule has 0 saturated carbocycles. The monoisotopic (exact) mass is 602 g/mol. The van der Waals surface area contributed by atoms with E-state index in [2.05, 4.69) is 5.32 Å². The highest BCUT2D eigenvalue weighted by molar-refractivity contribution is 7.89. The van der Waals surface area contributed by atoms with Crippen LogP contribution in [0.1, 0.15) is 15.9 Å². The number of para-hydroxylation sites is 2. The van der Waals surface area contributed by atoms with E-state index in [0.29, 0.717) is 58.3 Å². The van der Waals surface area contributed by atoms with Gasteiger partial charge >= 0.3 is 0 Å². The molecule has 43 heavy (non-hydrogen) atoms. The van der Waals surface area contributed by atoms with Gasteiger partial charge in [0.15, 0.2) is 17.1 Å². The van der Waals surface area contributed by atoms with Crippen molar-refractivity contribution >= 4 is 49.6 Å². The number of benzene rings is 3. The molecule has 1 aliphatic rings. The molecule has 0 atom stereocenters. The van der Waals surface area contributed by atoms with Gasteiger partial charge in [-0.2, -0.15) is 4.31 Å². The highest BCUT2D eigenvalue weighted by Crippen LogP contribution is 2.35. The van der Waals surface area contributed by atoms with E-state index in [1.54, 1.807) is 54.0 Å². The molecule has 0 radical (unpaired) electrons. The molecule has 3 heterocycles. The zero-order valence-corrected chi connectivity index (χ0v) is 24.6. The van der Waals surface area contributed by atoms with Crippen molar-refractivity contribution in [3.05, 3.63) is 71.8 Å². The van der Waals surface area contributed by atoms with E-state index in [1.165, 1.54) is 18.5 Å². The predicted octanol–water partition coefficient (Wildman–Crippen LogP) is 3.75. The van der Waals surface area contributed by atoms with E-state index < -0.39 is 15.9 Å². The summed E-state index contributed by atoms with van der Waals surface area (Å²) in [6, 6.07) is 17.3. The predicted molar refractivity (Wildman–Crippen MR) is 163 cm³/mol. The van der Waals surface area contributed by atoms with Crippen molar-refractivity contribution in [3.8, 4) is 17.2 Å². The number of sulfonamides is 1. The van der Waals surface area contributed by atoms with E-state index >= 15 is 0 Å². The summed E-state index contributed by atoms with van der Waals surface area (Å²) < 4.78 is 46.3. The summed E-state index contributed by atoms with van der Waals surface area (Å²) in [5, 5.41) is 2.87. The van der Waals surface area contributed by atoms with Gasteiger partial charge < -0.3 is 25.3 Å². The minimum Gasteiger partial charge on any atom is -0.493 e. The van der Waals surface area contributed by atoms with Gasteiger partial charge in [-0.05, 0) is 48.9 Å². The smallest absolute Gasteiger partial charge is 0.261 e. The number of nitrogen functional groups attached to an aromatic ring is 1. The third-order valence-electron chi connectivity index (χ3n) is 7.38. The maximum absolute atomic E-state index is 13.8. The number of methoxy groups -OCH3 is 2. The van der Waals surface area contributed by atoms with Gasteiger partial charge in [-0.15, -0.1) is 0 Å². The highest BCUT2D eigenvalue weighted by atomic mass is 32.2. The molecule has 222 valence electrons. The first-order valence-corrected chi connectivity index (χ1v) is 15.0. The number of nitrogens with two attached hydrogens (primary N) is 1. The molecule has 1 amide bonds. The van der Waals surface area contributed by atoms with Crippen molar-refractivity contribution in [2.75, 3.05) is 51.6 Å². The maximum Gasteiger partial charge on any atom is 0.261 e. The summed E-state index contributed by atoms with van der Waals surface area (Å²) in [5.74, 6) is 0.486. The van der Waals surface area contributed by atoms with E-state index in [4.69, 9.17) is 29.9 Å². The minimum atomic E-state index is -3.82. The number of aromatic nitrogens is 3. The van der Waals surface area contributed by atoms with Gasteiger partial charge in [-0.25, -0.2) is 18.4 Å². The van der Waals surface area contributed by atoms with Crippen LogP contribution in [-0.4, -0.2) is 73.7 Å². The summed E-state index contributed by atoms with van der Waals surface area (Å²) in [5.41, 5.74) is 10.0. The second-order valence-corrected chi connectivity index (χ2v) is 11.9. The van der Waals surface area contributed by atoms with Crippen LogP contribution in [0.4, 0.5) is 11.5 Å². The van der Waals surface area contributed by atoms with Gasteiger partial charge in [0.2, 0.25) is 10.0 Å². The Kier molecular flexibility index (Phi) is 7.38. The zero-order valence-electron chi connectivity index (χ0n) is 23.8. The van der Waals surface area contributed by atoms with Crippen molar-refractivity contribution in [2.24, 2.45) is 0 Å². The molecule has 0 aliphatic carbocycles. The lowest BCUT2D eigenvalue weighted by Crippen LogP contribution is -2.40.